The van der Waals surface area contributed by atoms with Gasteiger partial charge in [-0.05, 0) is 94.9 Å². The molecule has 3 amide bonds. The summed E-state index contributed by atoms with van der Waals surface area (Å²) in [4.78, 5) is 55.5. The molecule has 11 heteroatoms. The molecule has 0 bridgehead atoms. The highest BCUT2D eigenvalue weighted by Gasteiger charge is 2.47. The Balaban J connectivity index is 1.17. The molecule has 6 rings (SSSR count). The second kappa shape index (κ2) is 14.5. The Kier molecular flexibility index (Phi) is 10.5. The van der Waals surface area contributed by atoms with Crippen LogP contribution >= 0.6 is 0 Å². The minimum atomic E-state index is -0.711. The number of alkyl halides is 1. The van der Waals surface area contributed by atoms with Crippen molar-refractivity contribution in [2.24, 2.45) is 23.7 Å². The van der Waals surface area contributed by atoms with Gasteiger partial charge in [0.05, 0.1) is 11.6 Å². The first-order chi connectivity index (χ1) is 23.9. The lowest BCUT2D eigenvalue weighted by molar-refractivity contribution is -0.142. The van der Waals surface area contributed by atoms with Crippen LogP contribution in [0.5, 0.6) is 0 Å². The van der Waals surface area contributed by atoms with E-state index in [-0.39, 0.29) is 35.5 Å². The molecule has 1 saturated heterocycles. The van der Waals surface area contributed by atoms with Crippen molar-refractivity contribution in [3.8, 4) is 0 Å². The summed E-state index contributed by atoms with van der Waals surface area (Å²) in [6.45, 7) is 9.19. The quantitative estimate of drug-likeness (QED) is 0.260. The summed E-state index contributed by atoms with van der Waals surface area (Å²) in [5, 5.41) is 6.73. The Morgan fingerprint density at radius 1 is 1.00 bits per heavy atom. The van der Waals surface area contributed by atoms with Crippen molar-refractivity contribution in [2.45, 2.75) is 135 Å². The van der Waals surface area contributed by atoms with Crippen molar-refractivity contribution in [3.63, 3.8) is 0 Å². The van der Waals surface area contributed by atoms with Crippen molar-refractivity contribution >= 4 is 40.5 Å². The van der Waals surface area contributed by atoms with E-state index in [4.69, 9.17) is 9.47 Å². The summed E-state index contributed by atoms with van der Waals surface area (Å²) in [7, 11) is 0. The van der Waals surface area contributed by atoms with Crippen LogP contribution in [-0.2, 0) is 24.8 Å². The molecule has 3 heterocycles. The molecule has 1 aromatic heterocycles. The van der Waals surface area contributed by atoms with Crippen LogP contribution in [0.2, 0.25) is 0 Å². The third-order valence-electron chi connectivity index (χ3n) is 11.9. The van der Waals surface area contributed by atoms with E-state index in [0.29, 0.717) is 62.4 Å². The molecule has 0 unspecified atom stereocenters. The Hall–Kier alpha value is -3.63. The van der Waals surface area contributed by atoms with Gasteiger partial charge in [0.25, 0.3) is 0 Å². The number of rotatable bonds is 9. The van der Waals surface area contributed by atoms with Gasteiger partial charge in [0.15, 0.2) is 5.72 Å². The molecule has 2 saturated carbocycles. The third-order valence-corrected chi connectivity index (χ3v) is 11.9. The van der Waals surface area contributed by atoms with Crippen molar-refractivity contribution in [1.82, 2.24) is 14.8 Å². The second-order valence-corrected chi connectivity index (χ2v) is 16.0. The normalized spacial score (nSPS) is 26.0. The zero-order valence-corrected chi connectivity index (χ0v) is 30.4. The molecule has 4 aliphatic rings. The van der Waals surface area contributed by atoms with Crippen LogP contribution in [0.3, 0.4) is 0 Å². The zero-order chi connectivity index (χ0) is 35.8. The number of cyclic esters (lactones) is 1. The zero-order valence-electron chi connectivity index (χ0n) is 30.4. The number of hydrogen-bond acceptors (Lipinski definition) is 6. The maximum absolute atomic E-state index is 14.3. The molecule has 10 nitrogen and oxygen atoms in total. The first-order valence-electron chi connectivity index (χ1n) is 18.9. The van der Waals surface area contributed by atoms with Crippen LogP contribution in [0.4, 0.5) is 14.9 Å². The standard InChI is InChI=1S/C39H55FN4O6/c1-6-39(7-2)44-31-18-17-28(21-27(31)22-32(44)36(47)49-39)41-34(45)33-29(24-11-9-8-10-12-24)19-20-43(33)35(46)26-15-13-25(14-16-26)30(23-40)42-37(48)50-38(3,4)5/h17-18,21-22,24-26,29-30,33H,6-16,19-20,23H2,1-5H3,(H,41,45)(H,42,48)/t25?,26?,29-,30+,33-/m0/s1. The molecule has 0 spiro atoms. The van der Waals surface area contributed by atoms with Crippen LogP contribution < -0.4 is 10.6 Å². The molecule has 2 aliphatic carbocycles. The fourth-order valence-corrected chi connectivity index (χ4v) is 9.28. The van der Waals surface area contributed by atoms with E-state index >= 15 is 0 Å². The van der Waals surface area contributed by atoms with Gasteiger partial charge < -0.3 is 25.0 Å². The number of anilines is 1. The lowest BCUT2D eigenvalue weighted by Crippen LogP contribution is -2.50. The van der Waals surface area contributed by atoms with Crippen molar-refractivity contribution in [2.75, 3.05) is 18.5 Å². The van der Waals surface area contributed by atoms with Crippen molar-refractivity contribution < 1.29 is 33.0 Å². The molecule has 0 radical (unpaired) electrons. The number of ether oxygens (including phenoxy) is 2. The van der Waals surface area contributed by atoms with Crippen LogP contribution in [0.15, 0.2) is 24.3 Å². The number of aromatic nitrogens is 1. The number of likely N-dealkylation sites (tertiary alicyclic amines) is 1. The summed E-state index contributed by atoms with van der Waals surface area (Å²) in [5.41, 5.74) is 0.653. The van der Waals surface area contributed by atoms with Gasteiger partial charge in [-0.3, -0.25) is 14.2 Å². The second-order valence-electron chi connectivity index (χ2n) is 16.0. The molecule has 1 aromatic carbocycles. The highest BCUT2D eigenvalue weighted by Crippen LogP contribution is 2.43. The number of halogens is 1. The molecule has 2 N–H and O–H groups in total. The lowest BCUT2D eigenvalue weighted by Gasteiger charge is -2.37. The van der Waals surface area contributed by atoms with Crippen LogP contribution in [0.1, 0.15) is 122 Å². The molecule has 3 atom stereocenters. The average Bonchev–Trinajstić information content (AvgIpc) is 3.79. The highest BCUT2D eigenvalue weighted by molar-refractivity contribution is 6.02. The summed E-state index contributed by atoms with van der Waals surface area (Å²) in [6, 6.07) is 6.33. The van der Waals surface area contributed by atoms with E-state index in [0.717, 1.165) is 43.0 Å². The molecule has 50 heavy (non-hydrogen) atoms. The number of carbonyl (C=O) groups is 4. The number of benzene rings is 1. The predicted molar refractivity (Wildman–Crippen MR) is 189 cm³/mol. The van der Waals surface area contributed by atoms with Crippen molar-refractivity contribution in [3.05, 3.63) is 30.0 Å². The van der Waals surface area contributed by atoms with E-state index in [9.17, 15) is 23.6 Å². The number of nitrogens with one attached hydrogen (secondary N) is 2. The number of carbonyl (C=O) groups excluding carboxylic acids is 4. The predicted octanol–water partition coefficient (Wildman–Crippen LogP) is 7.69. The van der Waals surface area contributed by atoms with Crippen LogP contribution in [-0.4, -0.2) is 64.2 Å². The van der Waals surface area contributed by atoms with Gasteiger partial charge in [0, 0.05) is 36.4 Å². The van der Waals surface area contributed by atoms with E-state index in [1.165, 1.54) is 6.42 Å². The van der Waals surface area contributed by atoms with Crippen LogP contribution in [0.25, 0.3) is 10.9 Å². The smallest absolute Gasteiger partial charge is 0.407 e. The Morgan fingerprint density at radius 2 is 1.70 bits per heavy atom. The number of nitrogens with zero attached hydrogens (tertiary/aromatic N) is 2. The summed E-state index contributed by atoms with van der Waals surface area (Å²) < 4.78 is 27.2. The minimum Gasteiger partial charge on any atom is -0.444 e. The minimum absolute atomic E-state index is 0.00658. The van der Waals surface area contributed by atoms with Gasteiger partial charge >= 0.3 is 12.1 Å². The molecule has 274 valence electrons. The van der Waals surface area contributed by atoms with Crippen molar-refractivity contribution in [1.29, 1.82) is 0 Å². The largest absolute Gasteiger partial charge is 0.444 e. The highest BCUT2D eigenvalue weighted by atomic mass is 19.1. The monoisotopic (exact) mass is 694 g/mol. The fourth-order valence-electron chi connectivity index (χ4n) is 9.28. The van der Waals surface area contributed by atoms with Gasteiger partial charge in [0.1, 0.15) is 24.0 Å². The SMILES string of the molecule is CCC1(CC)OC(=O)c2cc3cc(NC(=O)[C@@H]4[C@H](C5CCCCC5)CCN4C(=O)C4CCC([C@@H](CF)NC(=O)OC(C)(C)C)CC4)ccc3n21. The van der Waals surface area contributed by atoms with E-state index in [1.54, 1.807) is 20.8 Å². The Morgan fingerprint density at radius 3 is 2.34 bits per heavy atom. The Labute approximate surface area is 295 Å². The van der Waals surface area contributed by atoms with Gasteiger partial charge in [-0.2, -0.15) is 0 Å². The topological polar surface area (TPSA) is 119 Å². The first kappa shape index (κ1) is 36.2. The van der Waals surface area contributed by atoms with Gasteiger partial charge in [-0.25, -0.2) is 14.0 Å². The number of hydrogen-bond donors (Lipinski definition) is 2. The molecule has 2 aromatic rings. The van der Waals surface area contributed by atoms with Gasteiger partial charge in [0.2, 0.25) is 11.8 Å². The molecule has 3 fully saturated rings. The molecular weight excluding hydrogens is 639 g/mol. The van der Waals surface area contributed by atoms with E-state index in [1.807, 2.05) is 47.6 Å². The third kappa shape index (κ3) is 7.11. The number of esters is 1. The van der Waals surface area contributed by atoms with E-state index < -0.39 is 36.2 Å². The first-order valence-corrected chi connectivity index (χ1v) is 18.9. The summed E-state index contributed by atoms with van der Waals surface area (Å²) in [5.74, 6) is -0.331. The fraction of sp³-hybridized carbons (Fsp3) is 0.692. The van der Waals surface area contributed by atoms with Crippen LogP contribution in [0, 0.1) is 23.7 Å². The maximum atomic E-state index is 14.3. The molecular formula is C39H55FN4O6. The van der Waals surface area contributed by atoms with Gasteiger partial charge in [-0.15, -0.1) is 0 Å². The number of amides is 3. The average molecular weight is 695 g/mol. The number of alkyl carbamates (subject to hydrolysis) is 1. The number of fused-ring (bicyclic) bond motifs is 3. The Bertz CT molecular complexity index is 1580. The lowest BCUT2D eigenvalue weighted by atomic mass is 9.76. The van der Waals surface area contributed by atoms with E-state index in [2.05, 4.69) is 10.6 Å². The molecule has 2 aliphatic heterocycles. The maximum Gasteiger partial charge on any atom is 0.407 e. The summed E-state index contributed by atoms with van der Waals surface area (Å²) in [6.07, 6.45) is 9.54. The summed E-state index contributed by atoms with van der Waals surface area (Å²) >= 11 is 0. The van der Waals surface area contributed by atoms with Gasteiger partial charge in [-0.1, -0.05) is 46.0 Å².